The summed E-state index contributed by atoms with van der Waals surface area (Å²) in [6, 6.07) is 11.5. The zero-order chi connectivity index (χ0) is 26.6. The third kappa shape index (κ3) is 3.23. The van der Waals surface area contributed by atoms with Gasteiger partial charge in [0.2, 0.25) is 5.91 Å². The number of carboxylic acid groups (broad SMARTS) is 1. The second-order valence-electron chi connectivity index (χ2n) is 12.3. The van der Waals surface area contributed by atoms with Crippen molar-refractivity contribution in [2.24, 2.45) is 5.92 Å². The molecule has 4 saturated heterocycles. The second kappa shape index (κ2) is 7.85. The molecule has 3 atom stereocenters. The number of hydrogen-bond donors (Lipinski definition) is 2. The second-order valence-corrected chi connectivity index (χ2v) is 12.3. The maximum absolute atomic E-state index is 13.4. The number of aliphatic hydroxyl groups excluding tert-OH is 1. The van der Waals surface area contributed by atoms with Crippen molar-refractivity contribution in [1.82, 2.24) is 4.90 Å². The van der Waals surface area contributed by atoms with Gasteiger partial charge in [-0.15, -0.1) is 0 Å². The largest absolute Gasteiger partial charge is 0.477 e. The van der Waals surface area contributed by atoms with E-state index in [0.29, 0.717) is 28.7 Å². The van der Waals surface area contributed by atoms with E-state index in [9.17, 15) is 24.6 Å². The predicted octanol–water partition coefficient (Wildman–Crippen LogP) is 2.10. The number of likely N-dealkylation sites (N-methyl/N-ethyl adjacent to an activating group) is 1. The number of aliphatic carboxylic acids is 1. The topological polar surface area (TPSA) is 94.9 Å². The van der Waals surface area contributed by atoms with Crippen LogP contribution in [0.4, 0.5) is 0 Å². The molecule has 8 nitrogen and oxygen atoms in total. The molecule has 196 valence electrons. The van der Waals surface area contributed by atoms with Gasteiger partial charge >= 0.3 is 5.97 Å². The number of quaternary nitrogens is 2. The summed E-state index contributed by atoms with van der Waals surface area (Å²) in [5.41, 5.74) is 5.52. The minimum atomic E-state index is -1.17. The van der Waals surface area contributed by atoms with Crippen LogP contribution in [0.1, 0.15) is 40.4 Å². The molecule has 1 aliphatic carbocycles. The smallest absolute Gasteiger partial charge is 0.352 e. The number of amides is 1. The molecule has 5 heterocycles. The third-order valence-corrected chi connectivity index (χ3v) is 10.0. The fraction of sp³-hybridized carbons (Fsp3) is 0.433. The van der Waals surface area contributed by atoms with Gasteiger partial charge in [-0.25, -0.2) is 4.79 Å². The van der Waals surface area contributed by atoms with E-state index >= 15 is 0 Å². The number of nitrogens with zero attached hydrogens (tertiary/aromatic N) is 3. The zero-order valence-corrected chi connectivity index (χ0v) is 21.8. The van der Waals surface area contributed by atoms with Gasteiger partial charge in [0, 0.05) is 16.7 Å². The van der Waals surface area contributed by atoms with Gasteiger partial charge in [-0.3, -0.25) is 9.59 Å². The maximum Gasteiger partial charge on any atom is 0.352 e. The zero-order valence-electron chi connectivity index (χ0n) is 21.8. The Morgan fingerprint density at radius 3 is 2.32 bits per heavy atom. The molecular weight excluding hydrogens is 482 g/mol. The van der Waals surface area contributed by atoms with Crippen molar-refractivity contribution >= 4 is 23.2 Å². The number of β-lactam (4-membered cyclic amide) rings is 1. The molecule has 0 aromatic heterocycles. The molecule has 38 heavy (non-hydrogen) atoms. The van der Waals surface area contributed by atoms with Crippen molar-refractivity contribution in [2.75, 3.05) is 46.3 Å². The average Bonchev–Trinajstić information content (AvgIpc) is 3.37. The lowest BCUT2D eigenvalue weighted by molar-refractivity contribution is -1.08. The number of aliphatic hydroxyl groups is 1. The van der Waals surface area contributed by atoms with Crippen LogP contribution in [-0.4, -0.2) is 100 Å². The highest BCUT2D eigenvalue weighted by Gasteiger charge is 2.57. The van der Waals surface area contributed by atoms with Gasteiger partial charge in [-0.05, 0) is 53.8 Å². The highest BCUT2D eigenvalue weighted by atomic mass is 16.4. The molecule has 0 saturated carbocycles. The van der Waals surface area contributed by atoms with Crippen molar-refractivity contribution in [2.45, 2.75) is 32.0 Å². The van der Waals surface area contributed by atoms with E-state index in [1.165, 1.54) is 54.2 Å². The standard InChI is InChI=1S/C30H32N3O5/c1-17(34)26-25-15-22(27(30(37)38)31(25)29(26)36)19-4-6-20-23-13-18(3-5-21(23)28(35)24(20)14-19)16-33-10-7-32(2,8-11-33)9-12-33/h3-6,13-14,17,25-26,34H,7-12,15-16H2,1-2H3/q+1/p+1/t17-,25-,26-,32?,33?/m1/s1. The van der Waals surface area contributed by atoms with Crippen LogP contribution in [0.5, 0.6) is 0 Å². The van der Waals surface area contributed by atoms with Crippen molar-refractivity contribution in [3.63, 3.8) is 0 Å². The van der Waals surface area contributed by atoms with Gasteiger partial charge in [-0.1, -0.05) is 18.2 Å². The van der Waals surface area contributed by atoms with Gasteiger partial charge < -0.3 is 24.1 Å². The van der Waals surface area contributed by atoms with Crippen LogP contribution in [0.2, 0.25) is 0 Å². The number of rotatable bonds is 5. The summed E-state index contributed by atoms with van der Waals surface area (Å²) in [5, 5.41) is 20.0. The molecular formula is C30H33N3O5+2. The summed E-state index contributed by atoms with van der Waals surface area (Å²) in [7, 11) is 2.37. The van der Waals surface area contributed by atoms with Gasteiger partial charge in [-0.2, -0.15) is 0 Å². The van der Waals surface area contributed by atoms with Crippen molar-refractivity contribution < 1.29 is 33.6 Å². The van der Waals surface area contributed by atoms with E-state index in [1.54, 1.807) is 13.0 Å². The molecule has 2 aromatic carbocycles. The van der Waals surface area contributed by atoms with E-state index in [2.05, 4.69) is 19.2 Å². The lowest BCUT2D eigenvalue weighted by Crippen LogP contribution is -2.73. The fourth-order valence-corrected chi connectivity index (χ4v) is 7.59. The molecule has 5 aliphatic heterocycles. The first-order valence-corrected chi connectivity index (χ1v) is 13.6. The van der Waals surface area contributed by atoms with Gasteiger partial charge in [0.1, 0.15) is 51.5 Å². The van der Waals surface area contributed by atoms with Crippen molar-refractivity contribution in [1.29, 1.82) is 0 Å². The summed E-state index contributed by atoms with van der Waals surface area (Å²) in [6.07, 6.45) is -0.488. The van der Waals surface area contributed by atoms with Gasteiger partial charge in [0.05, 0.1) is 25.1 Å². The first-order chi connectivity index (χ1) is 18.1. The molecule has 8 heteroatoms. The summed E-state index contributed by atoms with van der Waals surface area (Å²) in [5.74, 6) is -2.16. The Bertz CT molecular complexity index is 1450. The minimum Gasteiger partial charge on any atom is -0.477 e. The Hall–Kier alpha value is -3.33. The third-order valence-electron chi connectivity index (χ3n) is 10.0. The SMILES string of the molecule is C[C@@H](O)[C@H]1C(=O)N2C(C(=O)O)=C(c3ccc4c(c3)C(=O)c3ccc(C[N+]56CC[N+](C)(CC5)CC6)cc3-4)C[C@H]12. The lowest BCUT2D eigenvalue weighted by Gasteiger charge is -2.54. The quantitative estimate of drug-likeness (QED) is 0.401. The number of fused-ring (bicyclic) bond motifs is 7. The van der Waals surface area contributed by atoms with Gasteiger partial charge in [0.25, 0.3) is 0 Å². The Labute approximate surface area is 221 Å². The fourth-order valence-electron chi connectivity index (χ4n) is 7.59. The molecule has 0 spiro atoms. The van der Waals surface area contributed by atoms with E-state index in [1.807, 2.05) is 18.2 Å². The normalized spacial score (nSPS) is 31.7. The summed E-state index contributed by atoms with van der Waals surface area (Å²) in [6.45, 7) is 9.83. The first-order valence-electron chi connectivity index (χ1n) is 13.6. The van der Waals surface area contributed by atoms with E-state index in [4.69, 9.17) is 0 Å². The van der Waals surface area contributed by atoms with Crippen molar-refractivity contribution in [3.8, 4) is 11.1 Å². The molecule has 1 amide bonds. The number of piperazine rings is 3. The first kappa shape index (κ1) is 23.8. The Morgan fingerprint density at radius 2 is 1.66 bits per heavy atom. The van der Waals surface area contributed by atoms with E-state index in [0.717, 1.165) is 22.2 Å². The van der Waals surface area contributed by atoms with Crippen LogP contribution < -0.4 is 0 Å². The molecule has 6 aliphatic rings. The summed E-state index contributed by atoms with van der Waals surface area (Å²) < 4.78 is 2.32. The molecule has 8 rings (SSSR count). The summed E-state index contributed by atoms with van der Waals surface area (Å²) in [4.78, 5) is 39.5. The average molecular weight is 516 g/mol. The van der Waals surface area contributed by atoms with E-state index < -0.39 is 18.0 Å². The van der Waals surface area contributed by atoms with Crippen LogP contribution in [0.15, 0.2) is 42.1 Å². The number of carboxylic acids is 1. The van der Waals surface area contributed by atoms with Crippen LogP contribution in [0.25, 0.3) is 16.7 Å². The van der Waals surface area contributed by atoms with E-state index in [-0.39, 0.29) is 23.4 Å². The number of carbonyl (C=O) groups is 3. The molecule has 2 aromatic rings. The lowest BCUT2D eigenvalue weighted by atomic mass is 9.82. The number of hydrogen-bond acceptors (Lipinski definition) is 4. The van der Waals surface area contributed by atoms with Crippen LogP contribution in [-0.2, 0) is 16.1 Å². The highest BCUT2D eigenvalue weighted by Crippen LogP contribution is 2.48. The molecule has 0 unspecified atom stereocenters. The predicted molar refractivity (Wildman–Crippen MR) is 140 cm³/mol. The van der Waals surface area contributed by atoms with Crippen LogP contribution in [0.3, 0.4) is 0 Å². The molecule has 2 N–H and O–H groups in total. The molecule has 0 radical (unpaired) electrons. The van der Waals surface area contributed by atoms with Gasteiger partial charge in [0.15, 0.2) is 5.78 Å². The van der Waals surface area contributed by atoms with Crippen LogP contribution >= 0.6 is 0 Å². The van der Waals surface area contributed by atoms with Crippen LogP contribution in [0, 0.1) is 5.92 Å². The Balaban J connectivity index is 1.21. The number of benzene rings is 2. The Morgan fingerprint density at radius 1 is 0.974 bits per heavy atom. The number of carbonyl (C=O) groups excluding carboxylic acids is 2. The monoisotopic (exact) mass is 515 g/mol. The summed E-state index contributed by atoms with van der Waals surface area (Å²) >= 11 is 0. The maximum atomic E-state index is 13.4. The molecule has 2 bridgehead atoms. The Kier molecular flexibility index (Phi) is 4.91. The molecule has 4 fully saturated rings. The van der Waals surface area contributed by atoms with Crippen molar-refractivity contribution in [3.05, 3.63) is 64.3 Å². The number of ketones is 1. The highest BCUT2D eigenvalue weighted by molar-refractivity contribution is 6.22. The minimum absolute atomic E-state index is 0.0335.